The van der Waals surface area contributed by atoms with Gasteiger partial charge in [0.15, 0.2) is 11.8 Å². The zero-order valence-electron chi connectivity index (χ0n) is 15.4. The molecular weight excluding hydrogens is 363 g/mol. The molecule has 0 aliphatic carbocycles. The number of aromatic nitrogens is 1. The summed E-state index contributed by atoms with van der Waals surface area (Å²) in [4.78, 5) is 28.7. The van der Waals surface area contributed by atoms with Gasteiger partial charge in [0.2, 0.25) is 5.89 Å². The lowest BCUT2D eigenvalue weighted by molar-refractivity contribution is -0.129. The summed E-state index contributed by atoms with van der Waals surface area (Å²) in [5, 5.41) is 2.64. The molecule has 6 nitrogen and oxygen atoms in total. The van der Waals surface area contributed by atoms with Crippen LogP contribution in [0, 0.1) is 12.7 Å². The molecule has 0 saturated carbocycles. The molecule has 0 unspecified atom stereocenters. The average Bonchev–Trinajstić information content (AvgIpc) is 3.09. The summed E-state index contributed by atoms with van der Waals surface area (Å²) in [6, 6.07) is 14.9. The van der Waals surface area contributed by atoms with Crippen molar-refractivity contribution >= 4 is 11.9 Å². The first kappa shape index (κ1) is 19.3. The summed E-state index contributed by atoms with van der Waals surface area (Å²) in [5.74, 6) is -0.952. The summed E-state index contributed by atoms with van der Waals surface area (Å²) in [6.45, 7) is 3.27. The second-order valence-corrected chi connectivity index (χ2v) is 6.18. The van der Waals surface area contributed by atoms with Crippen molar-refractivity contribution in [2.24, 2.45) is 0 Å². The topological polar surface area (TPSA) is 81.4 Å². The quantitative estimate of drug-likeness (QED) is 0.658. The van der Waals surface area contributed by atoms with Crippen LogP contribution in [0.4, 0.5) is 4.39 Å². The summed E-state index contributed by atoms with van der Waals surface area (Å²) in [6.07, 6.45) is -1.02. The van der Waals surface area contributed by atoms with E-state index in [0.717, 1.165) is 11.1 Å². The number of nitrogens with zero attached hydrogens (tertiary/aromatic N) is 1. The minimum atomic E-state index is -1.02. The van der Waals surface area contributed by atoms with Crippen molar-refractivity contribution in [3.63, 3.8) is 0 Å². The number of ether oxygens (including phenoxy) is 1. The fraction of sp³-hybridized carbons (Fsp3) is 0.190. The number of hydrogen-bond donors (Lipinski definition) is 1. The third-order valence-corrected chi connectivity index (χ3v) is 4.04. The Bertz CT molecular complexity index is 968. The molecule has 0 fully saturated rings. The molecule has 1 N–H and O–H groups in total. The Hall–Kier alpha value is -3.48. The Morgan fingerprint density at radius 2 is 1.82 bits per heavy atom. The average molecular weight is 382 g/mol. The fourth-order valence-electron chi connectivity index (χ4n) is 2.50. The number of nitrogens with one attached hydrogen (secondary N) is 1. The number of carbonyl (C=O) groups is 2. The van der Waals surface area contributed by atoms with Crippen molar-refractivity contribution in [2.75, 3.05) is 0 Å². The maximum absolute atomic E-state index is 12.9. The fourth-order valence-corrected chi connectivity index (χ4v) is 2.50. The first-order valence-corrected chi connectivity index (χ1v) is 8.70. The molecule has 7 heteroatoms. The lowest BCUT2D eigenvalue weighted by atomic mass is 10.2. The number of esters is 1. The molecule has 2 aromatic carbocycles. The standard InChI is InChI=1S/C21H19FN2O4/c1-13-18(24-20(27-13)16-6-4-3-5-7-16)21(26)28-14(2)19(25)23-12-15-8-10-17(22)11-9-15/h3-11,14H,12H2,1-2H3,(H,23,25)/t14-/m1/s1. The predicted octanol–water partition coefficient (Wildman–Crippen LogP) is 3.65. The zero-order chi connectivity index (χ0) is 20.1. The van der Waals surface area contributed by atoms with Gasteiger partial charge in [-0.3, -0.25) is 4.79 Å². The molecule has 0 radical (unpaired) electrons. The number of amides is 1. The highest BCUT2D eigenvalue weighted by atomic mass is 19.1. The maximum atomic E-state index is 12.9. The number of rotatable bonds is 6. The van der Waals surface area contributed by atoms with Gasteiger partial charge in [-0.15, -0.1) is 0 Å². The van der Waals surface area contributed by atoms with Crippen molar-refractivity contribution in [3.05, 3.63) is 77.4 Å². The van der Waals surface area contributed by atoms with E-state index in [1.54, 1.807) is 19.1 Å². The smallest absolute Gasteiger partial charge is 0.361 e. The minimum absolute atomic E-state index is 0.0250. The monoisotopic (exact) mass is 382 g/mol. The van der Waals surface area contributed by atoms with Gasteiger partial charge in [-0.05, 0) is 43.7 Å². The predicted molar refractivity (Wildman–Crippen MR) is 99.8 cm³/mol. The molecule has 1 atom stereocenters. The third kappa shape index (κ3) is 4.62. The van der Waals surface area contributed by atoms with E-state index in [4.69, 9.17) is 9.15 Å². The van der Waals surface area contributed by atoms with Gasteiger partial charge < -0.3 is 14.5 Å². The van der Waals surface area contributed by atoms with Crippen LogP contribution in [0.1, 0.15) is 28.7 Å². The lowest BCUT2D eigenvalue weighted by Crippen LogP contribution is -2.35. The van der Waals surface area contributed by atoms with Crippen LogP contribution in [-0.4, -0.2) is 23.0 Å². The number of hydrogen-bond acceptors (Lipinski definition) is 5. The van der Waals surface area contributed by atoms with Crippen LogP contribution in [0.25, 0.3) is 11.5 Å². The van der Waals surface area contributed by atoms with Gasteiger partial charge in [-0.25, -0.2) is 14.2 Å². The highest BCUT2D eigenvalue weighted by molar-refractivity contribution is 5.91. The number of oxazole rings is 1. The van der Waals surface area contributed by atoms with E-state index < -0.39 is 18.0 Å². The van der Waals surface area contributed by atoms with E-state index in [1.807, 2.05) is 30.3 Å². The number of carbonyl (C=O) groups excluding carboxylic acids is 2. The molecule has 0 spiro atoms. The molecule has 28 heavy (non-hydrogen) atoms. The first-order valence-electron chi connectivity index (χ1n) is 8.70. The van der Waals surface area contributed by atoms with Gasteiger partial charge in [0.05, 0.1) is 0 Å². The van der Waals surface area contributed by atoms with Gasteiger partial charge in [-0.1, -0.05) is 30.3 Å². The van der Waals surface area contributed by atoms with E-state index in [2.05, 4.69) is 10.3 Å². The van der Waals surface area contributed by atoms with Crippen molar-refractivity contribution in [1.29, 1.82) is 0 Å². The van der Waals surface area contributed by atoms with Crippen LogP contribution in [0.2, 0.25) is 0 Å². The summed E-state index contributed by atoms with van der Waals surface area (Å²) >= 11 is 0. The maximum Gasteiger partial charge on any atom is 0.361 e. The van der Waals surface area contributed by atoms with Gasteiger partial charge in [0.1, 0.15) is 11.6 Å². The molecule has 1 aromatic heterocycles. The Balaban J connectivity index is 1.60. The Morgan fingerprint density at radius 1 is 1.14 bits per heavy atom. The van der Waals surface area contributed by atoms with Crippen LogP contribution < -0.4 is 5.32 Å². The van der Waals surface area contributed by atoms with Crippen LogP contribution in [-0.2, 0) is 16.1 Å². The molecule has 144 valence electrons. The SMILES string of the molecule is Cc1oc(-c2ccccc2)nc1C(=O)O[C@H](C)C(=O)NCc1ccc(F)cc1. The van der Waals surface area contributed by atoms with Crippen LogP contribution in [0.3, 0.4) is 0 Å². The molecule has 3 aromatic rings. The Labute approximate surface area is 161 Å². The second kappa shape index (κ2) is 8.47. The highest BCUT2D eigenvalue weighted by Gasteiger charge is 2.24. The van der Waals surface area contributed by atoms with Gasteiger partial charge in [-0.2, -0.15) is 0 Å². The lowest BCUT2D eigenvalue weighted by Gasteiger charge is -2.13. The van der Waals surface area contributed by atoms with Crippen LogP contribution in [0.5, 0.6) is 0 Å². The van der Waals surface area contributed by atoms with Gasteiger partial charge >= 0.3 is 5.97 Å². The van der Waals surface area contributed by atoms with Gasteiger partial charge in [0.25, 0.3) is 5.91 Å². The van der Waals surface area contributed by atoms with E-state index in [9.17, 15) is 14.0 Å². The molecule has 0 aliphatic rings. The number of benzene rings is 2. The van der Waals surface area contributed by atoms with E-state index in [1.165, 1.54) is 19.1 Å². The molecule has 3 rings (SSSR count). The largest absolute Gasteiger partial charge is 0.448 e. The van der Waals surface area contributed by atoms with Gasteiger partial charge in [0, 0.05) is 12.1 Å². The number of halogens is 1. The van der Waals surface area contributed by atoms with Crippen molar-refractivity contribution in [1.82, 2.24) is 10.3 Å². The highest BCUT2D eigenvalue weighted by Crippen LogP contribution is 2.22. The van der Waals surface area contributed by atoms with E-state index in [0.29, 0.717) is 11.7 Å². The van der Waals surface area contributed by atoms with E-state index >= 15 is 0 Å². The third-order valence-electron chi connectivity index (χ3n) is 4.04. The van der Waals surface area contributed by atoms with Crippen LogP contribution >= 0.6 is 0 Å². The normalized spacial score (nSPS) is 11.7. The molecular formula is C21H19FN2O4. The van der Waals surface area contributed by atoms with Crippen molar-refractivity contribution in [2.45, 2.75) is 26.5 Å². The molecule has 1 heterocycles. The molecule has 0 bridgehead atoms. The number of aryl methyl sites for hydroxylation is 1. The summed E-state index contributed by atoms with van der Waals surface area (Å²) in [5.41, 5.74) is 1.49. The second-order valence-electron chi connectivity index (χ2n) is 6.18. The molecule has 0 aliphatic heterocycles. The summed E-state index contributed by atoms with van der Waals surface area (Å²) < 4.78 is 23.6. The summed E-state index contributed by atoms with van der Waals surface area (Å²) in [7, 11) is 0. The zero-order valence-corrected chi connectivity index (χ0v) is 15.4. The molecule has 1 amide bonds. The Kier molecular flexibility index (Phi) is 5.84. The molecule has 0 saturated heterocycles. The van der Waals surface area contributed by atoms with E-state index in [-0.39, 0.29) is 18.1 Å². The Morgan fingerprint density at radius 3 is 2.50 bits per heavy atom. The van der Waals surface area contributed by atoms with Crippen molar-refractivity contribution in [3.8, 4) is 11.5 Å². The van der Waals surface area contributed by atoms with Crippen LogP contribution in [0.15, 0.2) is 59.0 Å². The van der Waals surface area contributed by atoms with Crippen molar-refractivity contribution < 1.29 is 23.1 Å². The first-order chi connectivity index (χ1) is 13.4. The minimum Gasteiger partial charge on any atom is -0.448 e.